The van der Waals surface area contributed by atoms with E-state index in [0.29, 0.717) is 0 Å². The van der Waals surface area contributed by atoms with Crippen LogP contribution in [0, 0.1) is 6.07 Å². The monoisotopic (exact) mass is 227 g/mol. The number of benzene rings is 2. The second-order valence-electron chi connectivity index (χ2n) is 3.61. The van der Waals surface area contributed by atoms with Crippen molar-refractivity contribution in [2.45, 2.75) is 12.8 Å². The van der Waals surface area contributed by atoms with Crippen molar-refractivity contribution >= 4 is 13.8 Å². The standard InChI is InChI=1S/C14H12OP/c15-16-14-9-5-4-8-13(14)11-10-12-6-2-1-3-7-12/h1-6,8-9H,10-11H2. The fourth-order valence-corrected chi connectivity index (χ4v) is 2.12. The minimum atomic E-state index is 0.103. The lowest BCUT2D eigenvalue weighted by Gasteiger charge is -2.03. The first-order chi connectivity index (χ1) is 7.90. The van der Waals surface area contributed by atoms with Crippen molar-refractivity contribution in [2.75, 3.05) is 0 Å². The molecule has 0 aliphatic rings. The summed E-state index contributed by atoms with van der Waals surface area (Å²) in [6.07, 6.45) is 1.85. The maximum atomic E-state index is 10.9. The van der Waals surface area contributed by atoms with Crippen molar-refractivity contribution in [3.05, 3.63) is 65.7 Å². The Kier molecular flexibility index (Phi) is 3.85. The third-order valence-electron chi connectivity index (χ3n) is 2.53. The number of hydrogen-bond acceptors (Lipinski definition) is 1. The Morgan fingerprint density at radius 3 is 2.56 bits per heavy atom. The van der Waals surface area contributed by atoms with Crippen LogP contribution in [0.15, 0.2) is 48.5 Å². The Labute approximate surface area is 97.3 Å². The molecule has 0 bridgehead atoms. The normalized spacial score (nSPS) is 10.5. The van der Waals surface area contributed by atoms with Crippen LogP contribution in [0.4, 0.5) is 0 Å². The van der Waals surface area contributed by atoms with Gasteiger partial charge < -0.3 is 0 Å². The SMILES string of the molecule is O=Pc1ccccc1CCc1[c]cccc1. The highest BCUT2D eigenvalue weighted by molar-refractivity contribution is 7.34. The van der Waals surface area contributed by atoms with Gasteiger partial charge in [0.05, 0.1) is 0 Å². The summed E-state index contributed by atoms with van der Waals surface area (Å²) in [5.74, 6) is 0. The fraction of sp³-hybridized carbons (Fsp3) is 0.143. The average Bonchev–Trinajstić information content (AvgIpc) is 2.38. The van der Waals surface area contributed by atoms with Gasteiger partial charge in [-0.1, -0.05) is 42.5 Å². The molecule has 0 spiro atoms. The van der Waals surface area contributed by atoms with Gasteiger partial charge in [0.25, 0.3) is 0 Å². The maximum absolute atomic E-state index is 10.9. The molecular weight excluding hydrogens is 215 g/mol. The first-order valence-electron chi connectivity index (χ1n) is 5.27. The molecule has 2 aromatic carbocycles. The maximum Gasteiger partial charge on any atom is 0.192 e. The molecule has 0 aliphatic carbocycles. The van der Waals surface area contributed by atoms with Crippen molar-refractivity contribution in [3.63, 3.8) is 0 Å². The van der Waals surface area contributed by atoms with E-state index in [2.05, 4.69) is 12.1 Å². The van der Waals surface area contributed by atoms with Crippen molar-refractivity contribution in [1.29, 1.82) is 0 Å². The summed E-state index contributed by atoms with van der Waals surface area (Å²) in [6.45, 7) is 0. The molecule has 79 valence electrons. The number of rotatable bonds is 4. The van der Waals surface area contributed by atoms with E-state index in [0.717, 1.165) is 23.7 Å². The van der Waals surface area contributed by atoms with Gasteiger partial charge in [0.15, 0.2) is 8.46 Å². The summed E-state index contributed by atoms with van der Waals surface area (Å²) in [6, 6.07) is 19.0. The van der Waals surface area contributed by atoms with Crippen molar-refractivity contribution in [2.24, 2.45) is 0 Å². The Morgan fingerprint density at radius 1 is 1.00 bits per heavy atom. The van der Waals surface area contributed by atoms with Crippen LogP contribution in [-0.4, -0.2) is 0 Å². The summed E-state index contributed by atoms with van der Waals surface area (Å²) < 4.78 is 10.9. The van der Waals surface area contributed by atoms with Crippen LogP contribution in [0.3, 0.4) is 0 Å². The van der Waals surface area contributed by atoms with Gasteiger partial charge in [-0.05, 0) is 36.1 Å². The van der Waals surface area contributed by atoms with E-state index in [4.69, 9.17) is 0 Å². The largest absolute Gasteiger partial charge is 0.269 e. The van der Waals surface area contributed by atoms with Crippen LogP contribution >= 0.6 is 8.46 Å². The van der Waals surface area contributed by atoms with E-state index in [1.807, 2.05) is 42.5 Å². The van der Waals surface area contributed by atoms with Crippen molar-refractivity contribution in [3.8, 4) is 0 Å². The smallest absolute Gasteiger partial charge is 0.192 e. The fourth-order valence-electron chi connectivity index (χ4n) is 1.67. The molecule has 0 N–H and O–H groups in total. The van der Waals surface area contributed by atoms with Crippen molar-refractivity contribution < 1.29 is 4.57 Å². The summed E-state index contributed by atoms with van der Waals surface area (Å²) in [5, 5.41) is 0.887. The lowest BCUT2D eigenvalue weighted by Crippen LogP contribution is -2.03. The van der Waals surface area contributed by atoms with E-state index >= 15 is 0 Å². The quantitative estimate of drug-likeness (QED) is 0.733. The molecule has 16 heavy (non-hydrogen) atoms. The zero-order chi connectivity index (χ0) is 11.2. The molecule has 0 aliphatic heterocycles. The molecular formula is C14H12OP. The molecule has 0 aromatic heterocycles. The summed E-state index contributed by atoms with van der Waals surface area (Å²) >= 11 is 0. The molecule has 0 amide bonds. The molecule has 0 heterocycles. The van der Waals surface area contributed by atoms with Gasteiger partial charge in [0.2, 0.25) is 0 Å². The van der Waals surface area contributed by atoms with Crippen LogP contribution in [0.2, 0.25) is 0 Å². The Hall–Kier alpha value is -1.46. The minimum absolute atomic E-state index is 0.103. The van der Waals surface area contributed by atoms with Crippen LogP contribution in [0.5, 0.6) is 0 Å². The van der Waals surface area contributed by atoms with Crippen LogP contribution in [0.25, 0.3) is 0 Å². The average molecular weight is 227 g/mol. The second-order valence-corrected chi connectivity index (χ2v) is 4.27. The van der Waals surface area contributed by atoms with E-state index in [9.17, 15) is 4.57 Å². The molecule has 0 saturated carbocycles. The van der Waals surface area contributed by atoms with Gasteiger partial charge in [-0.25, -0.2) is 0 Å². The lowest BCUT2D eigenvalue weighted by atomic mass is 10.0. The molecule has 1 radical (unpaired) electrons. The van der Waals surface area contributed by atoms with Gasteiger partial charge in [0, 0.05) is 5.30 Å². The molecule has 1 nitrogen and oxygen atoms in total. The van der Waals surface area contributed by atoms with Crippen LogP contribution < -0.4 is 5.30 Å². The van der Waals surface area contributed by atoms with Crippen LogP contribution in [0.1, 0.15) is 11.1 Å². The first-order valence-corrected chi connectivity index (χ1v) is 6.08. The van der Waals surface area contributed by atoms with Crippen LogP contribution in [-0.2, 0) is 17.4 Å². The Balaban J connectivity index is 2.08. The minimum Gasteiger partial charge on any atom is -0.269 e. The highest BCUT2D eigenvalue weighted by Crippen LogP contribution is 2.08. The van der Waals surface area contributed by atoms with Gasteiger partial charge >= 0.3 is 0 Å². The second kappa shape index (κ2) is 5.58. The Bertz CT molecular complexity index is 465. The predicted octanol–water partition coefficient (Wildman–Crippen LogP) is 3.19. The zero-order valence-electron chi connectivity index (χ0n) is 8.89. The zero-order valence-corrected chi connectivity index (χ0v) is 9.78. The van der Waals surface area contributed by atoms with E-state index < -0.39 is 0 Å². The molecule has 0 saturated heterocycles. The molecule has 0 unspecified atom stereocenters. The number of aryl methyl sites for hydroxylation is 2. The molecule has 0 fully saturated rings. The highest BCUT2D eigenvalue weighted by atomic mass is 31.1. The summed E-state index contributed by atoms with van der Waals surface area (Å²) in [5.41, 5.74) is 2.34. The molecule has 0 atom stereocenters. The molecule has 2 aromatic rings. The van der Waals surface area contributed by atoms with Gasteiger partial charge in [-0.3, -0.25) is 4.57 Å². The number of hydrogen-bond donors (Lipinski definition) is 0. The third-order valence-corrected chi connectivity index (χ3v) is 3.16. The molecule has 2 heteroatoms. The predicted molar refractivity (Wildman–Crippen MR) is 66.4 cm³/mol. The lowest BCUT2D eigenvalue weighted by molar-refractivity contribution is 0.603. The van der Waals surface area contributed by atoms with Crippen molar-refractivity contribution in [1.82, 2.24) is 0 Å². The highest BCUT2D eigenvalue weighted by Gasteiger charge is 2.01. The summed E-state index contributed by atoms with van der Waals surface area (Å²) in [7, 11) is 0.103. The van der Waals surface area contributed by atoms with E-state index in [1.165, 1.54) is 5.56 Å². The van der Waals surface area contributed by atoms with Gasteiger partial charge in [0.1, 0.15) is 0 Å². The Morgan fingerprint density at radius 2 is 1.81 bits per heavy atom. The van der Waals surface area contributed by atoms with E-state index in [-0.39, 0.29) is 8.46 Å². The van der Waals surface area contributed by atoms with E-state index in [1.54, 1.807) is 0 Å². The summed E-state index contributed by atoms with van der Waals surface area (Å²) in [4.78, 5) is 0. The topological polar surface area (TPSA) is 17.1 Å². The van der Waals surface area contributed by atoms with Gasteiger partial charge in [-0.15, -0.1) is 0 Å². The third kappa shape index (κ3) is 2.77. The first kappa shape index (κ1) is 11.0. The van der Waals surface area contributed by atoms with Gasteiger partial charge in [-0.2, -0.15) is 0 Å². The molecule has 2 rings (SSSR count).